The third kappa shape index (κ3) is 4.79. The Bertz CT molecular complexity index is 621. The lowest BCUT2D eigenvalue weighted by Crippen LogP contribution is -2.57. The van der Waals surface area contributed by atoms with Gasteiger partial charge in [0, 0.05) is 12.5 Å². The van der Waals surface area contributed by atoms with Crippen LogP contribution in [0.4, 0.5) is 0 Å². The van der Waals surface area contributed by atoms with E-state index in [-0.39, 0.29) is 12.0 Å². The Labute approximate surface area is 131 Å². The van der Waals surface area contributed by atoms with Gasteiger partial charge in [0.2, 0.25) is 0 Å². The normalized spacial score (nSPS) is 28.5. The van der Waals surface area contributed by atoms with Gasteiger partial charge in [0.15, 0.2) is 18.5 Å². The monoisotopic (exact) mass is 349 g/mol. The molecule has 1 aliphatic heterocycles. The van der Waals surface area contributed by atoms with Crippen LogP contribution in [0.3, 0.4) is 0 Å². The van der Waals surface area contributed by atoms with Gasteiger partial charge in [-0.1, -0.05) is 0 Å². The summed E-state index contributed by atoms with van der Waals surface area (Å²) in [5.74, 6) is -0.674. The van der Waals surface area contributed by atoms with Crippen molar-refractivity contribution in [3.8, 4) is 0 Å². The van der Waals surface area contributed by atoms with Crippen LogP contribution in [-0.2, 0) is 13.8 Å². The first-order valence-electron chi connectivity index (χ1n) is 6.69. The quantitative estimate of drug-likeness (QED) is 0.307. The van der Waals surface area contributed by atoms with Gasteiger partial charge in [-0.25, -0.2) is 4.57 Å². The molecule has 11 heteroatoms. The fourth-order valence-electron chi connectivity index (χ4n) is 2.26. The molecule has 0 aromatic carbocycles. The number of phosphoric ester groups is 1. The summed E-state index contributed by atoms with van der Waals surface area (Å²) in [6.45, 7) is -0.458. The first-order chi connectivity index (χ1) is 10.7. The third-order valence-corrected chi connectivity index (χ3v) is 3.84. The summed E-state index contributed by atoms with van der Waals surface area (Å²) in [5.41, 5.74) is 5.36. The lowest BCUT2D eigenvalue weighted by atomic mass is 10.0. The van der Waals surface area contributed by atoms with Gasteiger partial charge >= 0.3 is 7.82 Å². The van der Waals surface area contributed by atoms with Crippen molar-refractivity contribution in [3.05, 3.63) is 30.1 Å². The van der Waals surface area contributed by atoms with Crippen LogP contribution in [0.1, 0.15) is 23.0 Å². The Balaban J connectivity index is 2.17. The first-order valence-corrected chi connectivity index (χ1v) is 8.22. The number of hydrogen-bond acceptors (Lipinski definition) is 6. The molecule has 2 heterocycles. The lowest BCUT2D eigenvalue weighted by molar-refractivity contribution is -0.777. The predicted molar refractivity (Wildman–Crippen MR) is 73.7 cm³/mol. The average molecular weight is 349 g/mol. The predicted octanol–water partition coefficient (Wildman–Crippen LogP) is -1.81. The number of nitrogens with zero attached hydrogens (tertiary/aromatic N) is 1. The van der Waals surface area contributed by atoms with E-state index in [1.807, 2.05) is 0 Å². The molecule has 1 amide bonds. The zero-order chi connectivity index (χ0) is 17.2. The van der Waals surface area contributed by atoms with Crippen molar-refractivity contribution in [2.45, 2.75) is 31.0 Å². The SMILES string of the molecule is NC(=O)c1ccc[n+](C2O[C@H](COP(=O)(O)O)C[C@H](O)[C@@H]2O)c1. The maximum atomic E-state index is 11.2. The van der Waals surface area contributed by atoms with Crippen LogP contribution >= 0.6 is 7.82 Å². The number of nitrogens with two attached hydrogens (primary N) is 1. The van der Waals surface area contributed by atoms with Crippen LogP contribution in [0, 0.1) is 0 Å². The van der Waals surface area contributed by atoms with Crippen LogP contribution in [0.25, 0.3) is 0 Å². The smallest absolute Gasteiger partial charge is 0.390 e. The highest BCUT2D eigenvalue weighted by Crippen LogP contribution is 2.37. The number of ether oxygens (including phenoxy) is 1. The molecular weight excluding hydrogens is 331 g/mol. The fraction of sp³-hybridized carbons (Fsp3) is 0.500. The van der Waals surface area contributed by atoms with E-state index in [0.29, 0.717) is 0 Å². The van der Waals surface area contributed by atoms with Gasteiger partial charge in [-0.3, -0.25) is 9.32 Å². The minimum Gasteiger partial charge on any atom is -0.390 e. The summed E-state index contributed by atoms with van der Waals surface area (Å²) in [4.78, 5) is 28.6. The second-order valence-corrected chi connectivity index (χ2v) is 6.37. The summed E-state index contributed by atoms with van der Waals surface area (Å²) < 4.78 is 22.0. The maximum absolute atomic E-state index is 11.2. The Morgan fingerprint density at radius 2 is 2.17 bits per heavy atom. The molecule has 1 fully saturated rings. The number of rotatable bonds is 5. The summed E-state index contributed by atoms with van der Waals surface area (Å²) in [6, 6.07) is 2.98. The number of aliphatic hydroxyl groups excluding tert-OH is 2. The molecule has 0 spiro atoms. The van der Waals surface area contributed by atoms with E-state index >= 15 is 0 Å². The van der Waals surface area contributed by atoms with Crippen molar-refractivity contribution in [1.82, 2.24) is 0 Å². The van der Waals surface area contributed by atoms with Crippen molar-refractivity contribution in [2.24, 2.45) is 5.73 Å². The lowest BCUT2D eigenvalue weighted by Gasteiger charge is -2.33. The van der Waals surface area contributed by atoms with E-state index in [0.717, 1.165) is 0 Å². The zero-order valence-electron chi connectivity index (χ0n) is 11.9. The molecule has 6 N–H and O–H groups in total. The van der Waals surface area contributed by atoms with E-state index in [1.165, 1.54) is 29.1 Å². The van der Waals surface area contributed by atoms with Gasteiger partial charge in [0.25, 0.3) is 12.1 Å². The third-order valence-electron chi connectivity index (χ3n) is 3.35. The molecule has 1 aliphatic rings. The number of phosphoric acid groups is 1. The second-order valence-electron chi connectivity index (χ2n) is 5.13. The van der Waals surface area contributed by atoms with Crippen molar-refractivity contribution in [1.29, 1.82) is 0 Å². The average Bonchev–Trinajstić information content (AvgIpc) is 2.47. The second kappa shape index (κ2) is 7.02. The number of amides is 1. The highest BCUT2D eigenvalue weighted by molar-refractivity contribution is 7.46. The Morgan fingerprint density at radius 1 is 1.48 bits per heavy atom. The Hall–Kier alpha value is -1.39. The maximum Gasteiger partial charge on any atom is 0.469 e. The highest BCUT2D eigenvalue weighted by atomic mass is 31.2. The van der Waals surface area contributed by atoms with E-state index in [4.69, 9.17) is 20.3 Å². The minimum absolute atomic E-state index is 0.0618. The minimum atomic E-state index is -4.67. The molecule has 4 atom stereocenters. The van der Waals surface area contributed by atoms with Crippen molar-refractivity contribution >= 4 is 13.7 Å². The van der Waals surface area contributed by atoms with Gasteiger partial charge < -0.3 is 30.5 Å². The van der Waals surface area contributed by atoms with Gasteiger partial charge in [-0.05, 0) is 6.07 Å². The molecule has 0 bridgehead atoms. The van der Waals surface area contributed by atoms with Crippen LogP contribution in [0.5, 0.6) is 0 Å². The summed E-state index contributed by atoms with van der Waals surface area (Å²) >= 11 is 0. The van der Waals surface area contributed by atoms with Gasteiger partial charge in [0.1, 0.15) is 5.56 Å². The largest absolute Gasteiger partial charge is 0.469 e. The highest BCUT2D eigenvalue weighted by Gasteiger charge is 2.43. The molecule has 10 nitrogen and oxygen atoms in total. The molecule has 23 heavy (non-hydrogen) atoms. The Morgan fingerprint density at radius 3 is 2.78 bits per heavy atom. The zero-order valence-corrected chi connectivity index (χ0v) is 12.8. The van der Waals surface area contributed by atoms with Crippen molar-refractivity contribution < 1.29 is 43.2 Å². The van der Waals surface area contributed by atoms with Crippen LogP contribution in [-0.4, -0.2) is 50.8 Å². The standard InChI is InChI=1S/C12H17N2O8P/c13-11(17)7-2-1-3-14(5-7)12-10(16)9(15)4-8(22-12)6-21-23(18,19)20/h1-3,5,8-10,12,15-16H,4,6H2,(H3-,13,17,18,19,20)/p+1/t8-,9-,10-,12?/m0/s1. The molecule has 0 saturated carbocycles. The van der Waals surface area contributed by atoms with Gasteiger partial charge in [-0.15, -0.1) is 0 Å². The number of pyridine rings is 1. The molecule has 2 rings (SSSR count). The topological polar surface area (TPSA) is 163 Å². The van der Waals surface area contributed by atoms with Crippen LogP contribution in [0.15, 0.2) is 24.5 Å². The van der Waals surface area contributed by atoms with E-state index in [2.05, 4.69) is 4.52 Å². The summed E-state index contributed by atoms with van der Waals surface area (Å²) in [5, 5.41) is 20.0. The molecule has 1 aromatic heterocycles. The van der Waals surface area contributed by atoms with Crippen molar-refractivity contribution in [3.63, 3.8) is 0 Å². The molecule has 128 valence electrons. The van der Waals surface area contributed by atoms with Crippen LogP contribution in [0.2, 0.25) is 0 Å². The first kappa shape index (κ1) is 18.0. The fourth-order valence-corrected chi connectivity index (χ4v) is 2.62. The van der Waals surface area contributed by atoms with Crippen LogP contribution < -0.4 is 10.3 Å². The van der Waals surface area contributed by atoms with Gasteiger partial charge in [0.05, 0.1) is 18.8 Å². The van der Waals surface area contributed by atoms with E-state index in [9.17, 15) is 19.6 Å². The number of aromatic nitrogens is 1. The van der Waals surface area contributed by atoms with E-state index < -0.39 is 44.9 Å². The molecule has 0 aliphatic carbocycles. The molecule has 1 unspecified atom stereocenters. The number of carbonyl (C=O) groups excluding carboxylic acids is 1. The van der Waals surface area contributed by atoms with E-state index in [1.54, 1.807) is 0 Å². The number of aliphatic hydroxyl groups is 2. The van der Waals surface area contributed by atoms with Crippen molar-refractivity contribution in [2.75, 3.05) is 6.61 Å². The number of carbonyl (C=O) groups is 1. The molecule has 1 saturated heterocycles. The number of primary amides is 1. The molecular formula is C12H18N2O8P+. The molecule has 1 aromatic rings. The summed E-state index contributed by atoms with van der Waals surface area (Å²) in [7, 11) is -4.67. The molecule has 0 radical (unpaired) electrons. The Kier molecular flexibility index (Phi) is 5.48. The number of hydrogen-bond donors (Lipinski definition) is 5. The van der Waals surface area contributed by atoms with Gasteiger partial charge in [-0.2, -0.15) is 4.57 Å². The summed E-state index contributed by atoms with van der Waals surface area (Å²) in [6.07, 6.45) is -1.63.